The smallest absolute Gasteiger partial charge is 0.407 e. The molecule has 6 heteroatoms. The van der Waals surface area contributed by atoms with E-state index < -0.39 is 18.3 Å². The van der Waals surface area contributed by atoms with Crippen LogP contribution >= 0.6 is 0 Å². The topological polar surface area (TPSA) is 88.0 Å². The van der Waals surface area contributed by atoms with Gasteiger partial charge in [-0.05, 0) is 60.7 Å². The number of aliphatic hydroxyl groups is 2. The number of carbonyl (C=O) groups is 1. The fourth-order valence-electron chi connectivity index (χ4n) is 4.26. The summed E-state index contributed by atoms with van der Waals surface area (Å²) in [7, 11) is 0. The molecule has 2 unspecified atom stereocenters. The van der Waals surface area contributed by atoms with E-state index in [2.05, 4.69) is 29.6 Å². The van der Waals surface area contributed by atoms with Gasteiger partial charge < -0.3 is 25.0 Å². The van der Waals surface area contributed by atoms with Gasteiger partial charge >= 0.3 is 6.09 Å². The Morgan fingerprint density at radius 1 is 0.912 bits per heavy atom. The molecule has 2 atom stereocenters. The zero-order chi connectivity index (χ0) is 24.3. The van der Waals surface area contributed by atoms with Crippen LogP contribution in [0.1, 0.15) is 49.5 Å². The average Bonchev–Trinajstić information content (AvgIpc) is 3.14. The molecule has 0 saturated carbocycles. The fourth-order valence-corrected chi connectivity index (χ4v) is 4.26. The van der Waals surface area contributed by atoms with Crippen molar-refractivity contribution in [3.05, 3.63) is 89.5 Å². The molecule has 178 valence electrons. The lowest BCUT2D eigenvalue weighted by atomic mass is 9.98. The summed E-state index contributed by atoms with van der Waals surface area (Å²) in [5, 5.41) is 23.4. The molecule has 0 fully saturated rings. The van der Waals surface area contributed by atoms with Gasteiger partial charge in [-0.2, -0.15) is 0 Å². The van der Waals surface area contributed by atoms with Crippen LogP contribution in [-0.2, 0) is 4.74 Å². The number of hydrogen-bond donors (Lipinski definition) is 3. The molecule has 3 N–H and O–H groups in total. The average molecular weight is 462 g/mol. The Kier molecular flexibility index (Phi) is 6.91. The number of rotatable bonds is 7. The van der Waals surface area contributed by atoms with Gasteiger partial charge in [0, 0.05) is 12.5 Å². The van der Waals surface area contributed by atoms with E-state index in [0.717, 1.165) is 22.3 Å². The Balaban J connectivity index is 1.30. The molecular weight excluding hydrogens is 430 g/mol. The number of benzene rings is 3. The minimum atomic E-state index is -1.19. The fraction of sp³-hybridized carbons (Fsp3) is 0.321. The van der Waals surface area contributed by atoms with E-state index in [-0.39, 0.29) is 24.7 Å². The highest BCUT2D eigenvalue weighted by molar-refractivity contribution is 5.79. The summed E-state index contributed by atoms with van der Waals surface area (Å²) in [6.45, 7) is 5.91. The lowest BCUT2D eigenvalue weighted by Crippen LogP contribution is -2.36. The standard InChI is InChI=1S/C28H31NO5/c1-28(2,3)34-19-14-12-18(13-15-19)26(31)25(30)16-29-27(32)33-17-24-22-10-6-4-8-20(22)21-9-5-7-11-23(21)24/h4-15,24-26,30-31H,16-17H2,1-3H3,(H,29,32). The Bertz CT molecular complexity index is 1090. The summed E-state index contributed by atoms with van der Waals surface area (Å²) in [4.78, 5) is 12.3. The molecule has 0 saturated heterocycles. The highest BCUT2D eigenvalue weighted by Crippen LogP contribution is 2.44. The zero-order valence-corrected chi connectivity index (χ0v) is 19.7. The van der Waals surface area contributed by atoms with Crippen molar-refractivity contribution in [2.45, 2.75) is 44.5 Å². The van der Waals surface area contributed by atoms with Crippen LogP contribution in [0, 0.1) is 0 Å². The summed E-state index contributed by atoms with van der Waals surface area (Å²) >= 11 is 0. The Morgan fingerprint density at radius 3 is 2.03 bits per heavy atom. The van der Waals surface area contributed by atoms with Gasteiger partial charge in [-0.15, -0.1) is 0 Å². The number of hydrogen-bond acceptors (Lipinski definition) is 5. The van der Waals surface area contributed by atoms with Gasteiger partial charge in [0.05, 0.1) is 0 Å². The van der Waals surface area contributed by atoms with Crippen LogP contribution < -0.4 is 10.1 Å². The molecule has 1 aliphatic rings. The number of nitrogens with one attached hydrogen (secondary N) is 1. The summed E-state index contributed by atoms with van der Waals surface area (Å²) in [6.07, 6.45) is -2.98. The first-order valence-corrected chi connectivity index (χ1v) is 11.5. The van der Waals surface area contributed by atoms with E-state index in [4.69, 9.17) is 9.47 Å². The quantitative estimate of drug-likeness (QED) is 0.471. The molecule has 34 heavy (non-hydrogen) atoms. The predicted molar refractivity (Wildman–Crippen MR) is 131 cm³/mol. The van der Waals surface area contributed by atoms with Crippen molar-refractivity contribution < 1.29 is 24.5 Å². The molecule has 0 bridgehead atoms. The maximum Gasteiger partial charge on any atom is 0.407 e. The summed E-state index contributed by atoms with van der Waals surface area (Å²) in [6, 6.07) is 23.1. The Labute approximate surface area is 200 Å². The zero-order valence-electron chi connectivity index (χ0n) is 19.7. The maximum absolute atomic E-state index is 12.3. The van der Waals surface area contributed by atoms with Crippen LogP contribution in [0.25, 0.3) is 11.1 Å². The third-order valence-electron chi connectivity index (χ3n) is 5.81. The van der Waals surface area contributed by atoms with Crippen molar-refractivity contribution in [1.29, 1.82) is 0 Å². The molecule has 4 rings (SSSR count). The van der Waals surface area contributed by atoms with E-state index in [1.54, 1.807) is 24.3 Å². The van der Waals surface area contributed by atoms with E-state index in [0.29, 0.717) is 11.3 Å². The van der Waals surface area contributed by atoms with Gasteiger partial charge in [-0.3, -0.25) is 0 Å². The number of amides is 1. The molecule has 1 aliphatic carbocycles. The lowest BCUT2D eigenvalue weighted by molar-refractivity contribution is 0.0185. The van der Waals surface area contributed by atoms with Gasteiger partial charge in [0.25, 0.3) is 0 Å². The van der Waals surface area contributed by atoms with Crippen molar-refractivity contribution in [2.24, 2.45) is 0 Å². The van der Waals surface area contributed by atoms with Gasteiger partial charge in [-0.25, -0.2) is 4.79 Å². The SMILES string of the molecule is CC(C)(C)Oc1ccc(C(O)C(O)CNC(=O)OCC2c3ccccc3-c3ccccc32)cc1. The third kappa shape index (κ3) is 5.41. The van der Waals surface area contributed by atoms with Gasteiger partial charge in [-0.1, -0.05) is 60.7 Å². The Morgan fingerprint density at radius 2 is 1.47 bits per heavy atom. The number of ether oxygens (including phenoxy) is 2. The molecule has 6 nitrogen and oxygen atoms in total. The van der Waals surface area contributed by atoms with E-state index in [9.17, 15) is 15.0 Å². The molecule has 0 heterocycles. The minimum absolute atomic E-state index is 0.0394. The van der Waals surface area contributed by atoms with Crippen LogP contribution in [0.3, 0.4) is 0 Å². The van der Waals surface area contributed by atoms with Gasteiger partial charge in [0.2, 0.25) is 0 Å². The second-order valence-corrected chi connectivity index (χ2v) is 9.50. The normalized spacial score (nSPS) is 14.6. The molecule has 3 aromatic carbocycles. The van der Waals surface area contributed by atoms with Gasteiger partial charge in [0.15, 0.2) is 0 Å². The number of carbonyl (C=O) groups excluding carboxylic acids is 1. The summed E-state index contributed by atoms with van der Waals surface area (Å²) in [5.41, 5.74) is 4.78. The van der Waals surface area contributed by atoms with Crippen molar-refractivity contribution in [2.75, 3.05) is 13.2 Å². The molecular formula is C28H31NO5. The first-order valence-electron chi connectivity index (χ1n) is 11.5. The molecule has 1 amide bonds. The van der Waals surface area contributed by atoms with Crippen LogP contribution in [0.4, 0.5) is 4.79 Å². The van der Waals surface area contributed by atoms with Gasteiger partial charge in [0.1, 0.15) is 30.2 Å². The second kappa shape index (κ2) is 9.87. The summed E-state index contributed by atoms with van der Waals surface area (Å²) in [5.74, 6) is 0.636. The highest BCUT2D eigenvalue weighted by Gasteiger charge is 2.29. The molecule has 0 radical (unpaired) electrons. The molecule has 3 aromatic rings. The number of fused-ring (bicyclic) bond motifs is 3. The predicted octanol–water partition coefficient (Wildman–Crippen LogP) is 4.80. The first kappa shape index (κ1) is 23.8. The van der Waals surface area contributed by atoms with Crippen molar-refractivity contribution in [1.82, 2.24) is 5.32 Å². The van der Waals surface area contributed by atoms with Crippen molar-refractivity contribution in [3.8, 4) is 16.9 Å². The van der Waals surface area contributed by atoms with Crippen LogP contribution in [0.2, 0.25) is 0 Å². The highest BCUT2D eigenvalue weighted by atomic mass is 16.5. The molecule has 0 aromatic heterocycles. The second-order valence-electron chi connectivity index (χ2n) is 9.50. The Hall–Kier alpha value is -3.35. The largest absolute Gasteiger partial charge is 0.488 e. The van der Waals surface area contributed by atoms with Crippen LogP contribution in [0.5, 0.6) is 5.75 Å². The first-order chi connectivity index (χ1) is 16.2. The van der Waals surface area contributed by atoms with E-state index in [1.165, 1.54) is 0 Å². The van der Waals surface area contributed by atoms with E-state index >= 15 is 0 Å². The van der Waals surface area contributed by atoms with Crippen molar-refractivity contribution in [3.63, 3.8) is 0 Å². The maximum atomic E-state index is 12.3. The lowest BCUT2D eigenvalue weighted by Gasteiger charge is -2.22. The summed E-state index contributed by atoms with van der Waals surface area (Å²) < 4.78 is 11.2. The molecule has 0 aliphatic heterocycles. The number of aliphatic hydroxyl groups excluding tert-OH is 2. The van der Waals surface area contributed by atoms with Crippen LogP contribution in [0.15, 0.2) is 72.8 Å². The van der Waals surface area contributed by atoms with Crippen LogP contribution in [-0.4, -0.2) is 41.2 Å². The van der Waals surface area contributed by atoms with Crippen molar-refractivity contribution >= 4 is 6.09 Å². The van der Waals surface area contributed by atoms with E-state index in [1.807, 2.05) is 45.0 Å². The molecule has 0 spiro atoms. The third-order valence-corrected chi connectivity index (χ3v) is 5.81. The minimum Gasteiger partial charge on any atom is -0.488 e. The monoisotopic (exact) mass is 461 g/mol. The number of alkyl carbamates (subject to hydrolysis) is 1.